The number of hydrogen-bond acceptors (Lipinski definition) is 4. The molecule has 4 amide bonds. The summed E-state index contributed by atoms with van der Waals surface area (Å²) in [4.78, 5) is 42.9. The molecule has 2 unspecified atom stereocenters. The Morgan fingerprint density at radius 2 is 1.08 bits per heavy atom. The monoisotopic (exact) mass is 762 g/mol. The van der Waals surface area contributed by atoms with Crippen LogP contribution in [0.1, 0.15) is 39.8 Å². The molecule has 1 aliphatic carbocycles. The first-order chi connectivity index (χ1) is 25.1. The van der Waals surface area contributed by atoms with E-state index in [9.17, 15) is 14.4 Å². The minimum absolute atomic E-state index is 0.469. The number of hydrogen-bond donors (Lipinski definition) is 2. The molecule has 7 nitrogen and oxygen atoms in total. The number of urea groups is 1. The van der Waals surface area contributed by atoms with E-state index in [1.54, 1.807) is 72.8 Å². The largest absolute Gasteiger partial charge is 0.328 e. The first-order valence-electron chi connectivity index (χ1n) is 16.2. The molecule has 0 saturated carbocycles. The van der Waals surface area contributed by atoms with Crippen LogP contribution >= 0.6 is 46.4 Å². The fraction of sp³-hybridized carbons (Fsp3) is 0.0732. The minimum Gasteiger partial charge on any atom is -0.277 e. The molecule has 0 bridgehead atoms. The summed E-state index contributed by atoms with van der Waals surface area (Å²) in [6.45, 7) is 0. The zero-order chi connectivity index (χ0) is 36.1. The molecule has 1 fully saturated rings. The number of amides is 4. The first kappa shape index (κ1) is 33.9. The summed E-state index contributed by atoms with van der Waals surface area (Å²) in [5, 5.41) is 12.3. The molecule has 5 aromatic carbocycles. The SMILES string of the molecule is O=C1NC(=O)C2(C(=O)N1)C(c1ccc(Cl)cc1)/C(=C/c1ccc(Cl)cc1)c1nn(-c3ccccc3)c(-c3ccc(Cl)cc3)c1C2c1ccc(Cl)cc1. The van der Waals surface area contributed by atoms with Gasteiger partial charge in [0.05, 0.1) is 17.1 Å². The van der Waals surface area contributed by atoms with Gasteiger partial charge in [-0.1, -0.05) is 113 Å². The highest BCUT2D eigenvalue weighted by Gasteiger charge is 2.66. The third-order valence-corrected chi connectivity index (χ3v) is 10.6. The van der Waals surface area contributed by atoms with Crippen LogP contribution in [0.2, 0.25) is 20.1 Å². The van der Waals surface area contributed by atoms with E-state index in [2.05, 4.69) is 10.6 Å². The maximum atomic E-state index is 15.0. The van der Waals surface area contributed by atoms with Crippen molar-refractivity contribution in [2.24, 2.45) is 5.41 Å². The van der Waals surface area contributed by atoms with E-state index < -0.39 is 35.1 Å². The highest BCUT2D eigenvalue weighted by molar-refractivity contribution is 6.31. The predicted molar refractivity (Wildman–Crippen MR) is 205 cm³/mol. The lowest BCUT2D eigenvalue weighted by Gasteiger charge is -2.49. The van der Waals surface area contributed by atoms with Crippen molar-refractivity contribution in [1.29, 1.82) is 0 Å². The summed E-state index contributed by atoms with van der Waals surface area (Å²) in [5.41, 5.74) is 3.80. The zero-order valence-electron chi connectivity index (χ0n) is 27.0. The van der Waals surface area contributed by atoms with Crippen LogP contribution in [0.4, 0.5) is 4.79 Å². The minimum atomic E-state index is -1.98. The standard InChI is InChI=1S/C41H26Cl4N4O3/c42-27-14-6-23(7-15-27)22-32-34(24-8-16-28(43)17-9-24)41(38(50)46-40(52)47-39(41)51)35(25-10-18-29(44)19-11-25)33-36(32)48-49(31-4-2-1-3-5-31)37(33)26-12-20-30(45)21-13-26/h1-22,34-35H,(H2,46,47,50,51,52)/b32-22-. The molecule has 1 spiro atoms. The van der Waals surface area contributed by atoms with Crippen LogP contribution in [0.5, 0.6) is 0 Å². The predicted octanol–water partition coefficient (Wildman–Crippen LogP) is 9.98. The lowest BCUT2D eigenvalue weighted by molar-refractivity contribution is -0.146. The first-order valence-corrected chi connectivity index (χ1v) is 17.8. The fourth-order valence-corrected chi connectivity index (χ4v) is 7.98. The zero-order valence-corrected chi connectivity index (χ0v) is 30.0. The third kappa shape index (κ3) is 5.71. The second-order valence-electron chi connectivity index (χ2n) is 12.6. The highest BCUT2D eigenvalue weighted by atomic mass is 35.5. The summed E-state index contributed by atoms with van der Waals surface area (Å²) in [6, 6.07) is 37.3. The number of aromatic nitrogens is 2. The van der Waals surface area contributed by atoms with Gasteiger partial charge in [0, 0.05) is 43.1 Å². The van der Waals surface area contributed by atoms with Crippen molar-refractivity contribution in [1.82, 2.24) is 20.4 Å². The van der Waals surface area contributed by atoms with E-state index in [1.165, 1.54) is 0 Å². The van der Waals surface area contributed by atoms with Crippen LogP contribution in [0, 0.1) is 5.41 Å². The third-order valence-electron chi connectivity index (χ3n) is 9.63. The van der Waals surface area contributed by atoms with E-state index in [0.29, 0.717) is 53.7 Å². The van der Waals surface area contributed by atoms with Gasteiger partial charge in [0.25, 0.3) is 0 Å². The second kappa shape index (κ2) is 13.4. The van der Waals surface area contributed by atoms with E-state index in [4.69, 9.17) is 51.5 Å². The van der Waals surface area contributed by atoms with Gasteiger partial charge >= 0.3 is 6.03 Å². The number of halogens is 4. The number of nitrogens with one attached hydrogen (secondary N) is 2. The molecule has 2 atom stereocenters. The number of allylic oxidation sites excluding steroid dienone is 1. The highest BCUT2D eigenvalue weighted by Crippen LogP contribution is 2.63. The van der Waals surface area contributed by atoms with Gasteiger partial charge in [0.1, 0.15) is 0 Å². The van der Waals surface area contributed by atoms with Crippen molar-refractivity contribution < 1.29 is 14.4 Å². The molecule has 2 heterocycles. The molecular weight excluding hydrogens is 738 g/mol. The van der Waals surface area contributed by atoms with Crippen LogP contribution in [-0.2, 0) is 9.59 Å². The molecule has 8 rings (SSSR count). The van der Waals surface area contributed by atoms with E-state index in [0.717, 1.165) is 16.8 Å². The maximum absolute atomic E-state index is 15.0. The van der Waals surface area contributed by atoms with Crippen molar-refractivity contribution in [3.05, 3.63) is 175 Å². The van der Waals surface area contributed by atoms with Gasteiger partial charge in [-0.3, -0.25) is 20.2 Å². The van der Waals surface area contributed by atoms with Gasteiger partial charge in [-0.15, -0.1) is 0 Å². The molecule has 0 radical (unpaired) electrons. The number of nitrogens with zero attached hydrogens (tertiary/aromatic N) is 2. The van der Waals surface area contributed by atoms with Crippen molar-refractivity contribution >= 4 is 75.9 Å². The van der Waals surface area contributed by atoms with E-state index >= 15 is 0 Å². The van der Waals surface area contributed by atoms with Gasteiger partial charge in [0.2, 0.25) is 11.8 Å². The molecule has 256 valence electrons. The van der Waals surface area contributed by atoms with Crippen molar-refractivity contribution in [2.45, 2.75) is 11.8 Å². The van der Waals surface area contributed by atoms with Crippen molar-refractivity contribution in [3.63, 3.8) is 0 Å². The van der Waals surface area contributed by atoms with Crippen LogP contribution in [0.15, 0.2) is 127 Å². The van der Waals surface area contributed by atoms with E-state index in [-0.39, 0.29) is 0 Å². The number of para-hydroxylation sites is 1. The average Bonchev–Trinajstić information content (AvgIpc) is 3.53. The van der Waals surface area contributed by atoms with Gasteiger partial charge < -0.3 is 0 Å². The Balaban J connectivity index is 1.59. The Morgan fingerprint density at radius 3 is 1.62 bits per heavy atom. The smallest absolute Gasteiger partial charge is 0.277 e. The molecule has 52 heavy (non-hydrogen) atoms. The second-order valence-corrected chi connectivity index (χ2v) is 14.3. The van der Waals surface area contributed by atoms with Crippen molar-refractivity contribution in [2.75, 3.05) is 0 Å². The van der Waals surface area contributed by atoms with Gasteiger partial charge in [-0.25, -0.2) is 9.48 Å². The number of carbonyl (C=O) groups excluding carboxylic acids is 3. The molecule has 6 aromatic rings. The summed E-state index contributed by atoms with van der Waals surface area (Å²) in [7, 11) is 0. The normalized spacial score (nSPS) is 18.6. The maximum Gasteiger partial charge on any atom is 0.328 e. The lowest BCUT2D eigenvalue weighted by Crippen LogP contribution is -2.67. The summed E-state index contributed by atoms with van der Waals surface area (Å²) in [6.07, 6.45) is 1.92. The van der Waals surface area contributed by atoms with Crippen LogP contribution in [0.25, 0.3) is 28.6 Å². The molecule has 1 aromatic heterocycles. The quantitative estimate of drug-likeness (QED) is 0.171. The number of benzene rings is 5. The van der Waals surface area contributed by atoms with Crippen LogP contribution in [0.3, 0.4) is 0 Å². The Kier molecular flexibility index (Phi) is 8.76. The van der Waals surface area contributed by atoms with Gasteiger partial charge in [0.15, 0.2) is 5.41 Å². The number of carbonyl (C=O) groups is 3. The molecule has 2 aliphatic rings. The van der Waals surface area contributed by atoms with E-state index in [1.807, 2.05) is 65.4 Å². The lowest BCUT2D eigenvalue weighted by atomic mass is 9.52. The summed E-state index contributed by atoms with van der Waals surface area (Å²) < 4.78 is 1.83. The summed E-state index contributed by atoms with van der Waals surface area (Å²) in [5.74, 6) is -3.51. The Morgan fingerprint density at radius 1 is 0.596 bits per heavy atom. The Hall–Kier alpha value is -5.18. The molecular formula is C41H26Cl4N4O3. The number of barbiturate groups is 1. The number of rotatable bonds is 5. The Bertz CT molecular complexity index is 2370. The topological polar surface area (TPSA) is 93.1 Å². The summed E-state index contributed by atoms with van der Waals surface area (Å²) >= 11 is 25.6. The van der Waals surface area contributed by atoms with Crippen molar-refractivity contribution in [3.8, 4) is 16.9 Å². The van der Waals surface area contributed by atoms with Gasteiger partial charge in [-0.2, -0.15) is 5.10 Å². The Labute approximate surface area is 318 Å². The fourth-order valence-electron chi connectivity index (χ4n) is 7.48. The van der Waals surface area contributed by atoms with Gasteiger partial charge in [-0.05, 0) is 89.0 Å². The average molecular weight is 764 g/mol. The number of fused-ring (bicyclic) bond motifs is 1. The molecule has 11 heteroatoms. The van der Waals surface area contributed by atoms with Crippen LogP contribution in [-0.4, -0.2) is 27.6 Å². The van der Waals surface area contributed by atoms with Crippen LogP contribution < -0.4 is 10.6 Å². The molecule has 1 aliphatic heterocycles. The molecule has 2 N–H and O–H groups in total. The molecule has 1 saturated heterocycles. The number of imide groups is 2.